The average molecular weight is 324 g/mol. The van der Waals surface area contributed by atoms with Crippen molar-refractivity contribution in [1.82, 2.24) is 19.8 Å². The van der Waals surface area contributed by atoms with Crippen molar-refractivity contribution in [2.45, 2.75) is 25.3 Å². The van der Waals surface area contributed by atoms with E-state index in [9.17, 15) is 4.79 Å². The van der Waals surface area contributed by atoms with Crippen molar-refractivity contribution in [3.63, 3.8) is 0 Å². The quantitative estimate of drug-likeness (QED) is 0.868. The molecule has 0 bridgehead atoms. The summed E-state index contributed by atoms with van der Waals surface area (Å²) in [5.41, 5.74) is 2.36. The number of piperidine rings is 1. The second-order valence-electron chi connectivity index (χ2n) is 6.59. The van der Waals surface area contributed by atoms with Crippen molar-refractivity contribution < 1.29 is 4.79 Å². The molecule has 2 aromatic heterocycles. The van der Waals surface area contributed by atoms with Crippen molar-refractivity contribution >= 4 is 5.91 Å². The Morgan fingerprint density at radius 1 is 1.29 bits per heavy atom. The van der Waals surface area contributed by atoms with Crippen LogP contribution in [0, 0.1) is 0 Å². The molecule has 0 aromatic carbocycles. The molecule has 1 unspecified atom stereocenters. The number of rotatable bonds is 4. The first-order chi connectivity index (χ1) is 11.6. The summed E-state index contributed by atoms with van der Waals surface area (Å²) in [6.45, 7) is 1.73. The first kappa shape index (κ1) is 16.6. The zero-order valence-corrected chi connectivity index (χ0v) is 14.4. The Hall–Kier alpha value is -2.27. The molecule has 3 heterocycles. The van der Waals surface area contributed by atoms with E-state index in [0.717, 1.165) is 37.2 Å². The van der Waals surface area contributed by atoms with Gasteiger partial charge in [0.25, 0.3) is 5.91 Å². The molecule has 2 aromatic rings. The standard InChI is InChI=1S/C19H24N4O/c1-22(2)14-17-7-4-6-10-23(17)19(24)16-11-15(12-20-13-16)18-8-3-5-9-21-18/h3,5,8-9,11-13,17H,4,6-7,10,14H2,1-2H3. The van der Waals surface area contributed by atoms with Crippen molar-refractivity contribution in [2.24, 2.45) is 0 Å². The van der Waals surface area contributed by atoms with E-state index in [-0.39, 0.29) is 11.9 Å². The van der Waals surface area contributed by atoms with Gasteiger partial charge in [0.1, 0.15) is 0 Å². The summed E-state index contributed by atoms with van der Waals surface area (Å²) in [4.78, 5) is 25.8. The number of likely N-dealkylation sites (N-methyl/N-ethyl adjacent to an activating group) is 1. The summed E-state index contributed by atoms with van der Waals surface area (Å²) in [7, 11) is 4.11. The summed E-state index contributed by atoms with van der Waals surface area (Å²) in [5, 5.41) is 0. The van der Waals surface area contributed by atoms with Crippen LogP contribution >= 0.6 is 0 Å². The van der Waals surface area contributed by atoms with Gasteiger partial charge in [-0.3, -0.25) is 14.8 Å². The van der Waals surface area contributed by atoms with E-state index < -0.39 is 0 Å². The van der Waals surface area contributed by atoms with Gasteiger partial charge in [-0.05, 0) is 51.6 Å². The van der Waals surface area contributed by atoms with Crippen LogP contribution in [-0.4, -0.2) is 58.9 Å². The van der Waals surface area contributed by atoms with Gasteiger partial charge in [-0.25, -0.2) is 0 Å². The highest BCUT2D eigenvalue weighted by Crippen LogP contribution is 2.22. The molecule has 1 amide bonds. The Morgan fingerprint density at radius 3 is 2.92 bits per heavy atom. The Labute approximate surface area is 143 Å². The van der Waals surface area contributed by atoms with E-state index in [1.54, 1.807) is 18.6 Å². The monoisotopic (exact) mass is 324 g/mol. The molecule has 24 heavy (non-hydrogen) atoms. The molecule has 3 rings (SSSR count). The van der Waals surface area contributed by atoms with E-state index in [1.165, 1.54) is 6.42 Å². The highest BCUT2D eigenvalue weighted by molar-refractivity contribution is 5.95. The lowest BCUT2D eigenvalue weighted by Crippen LogP contribution is -2.48. The van der Waals surface area contributed by atoms with Crippen molar-refractivity contribution in [3.05, 3.63) is 48.4 Å². The highest BCUT2D eigenvalue weighted by Gasteiger charge is 2.28. The van der Waals surface area contributed by atoms with Gasteiger partial charge in [-0.15, -0.1) is 0 Å². The molecule has 0 aliphatic carbocycles. The number of aromatic nitrogens is 2. The first-order valence-corrected chi connectivity index (χ1v) is 8.47. The molecule has 1 atom stereocenters. The van der Waals surface area contributed by atoms with Crippen LogP contribution in [0.15, 0.2) is 42.9 Å². The smallest absolute Gasteiger partial charge is 0.255 e. The van der Waals surface area contributed by atoms with Crippen LogP contribution in [0.4, 0.5) is 0 Å². The average Bonchev–Trinajstić information content (AvgIpc) is 2.62. The van der Waals surface area contributed by atoms with Crippen LogP contribution in [0.5, 0.6) is 0 Å². The fourth-order valence-corrected chi connectivity index (χ4v) is 3.28. The lowest BCUT2D eigenvalue weighted by atomic mass is 10.00. The number of hydrogen-bond donors (Lipinski definition) is 0. The fourth-order valence-electron chi connectivity index (χ4n) is 3.28. The van der Waals surface area contributed by atoms with Crippen LogP contribution < -0.4 is 0 Å². The summed E-state index contributed by atoms with van der Waals surface area (Å²) >= 11 is 0. The third kappa shape index (κ3) is 3.79. The molecular weight excluding hydrogens is 300 g/mol. The van der Waals surface area contributed by atoms with Gasteiger partial charge in [0.05, 0.1) is 11.3 Å². The van der Waals surface area contributed by atoms with Gasteiger partial charge in [-0.2, -0.15) is 0 Å². The van der Waals surface area contributed by atoms with E-state index >= 15 is 0 Å². The Balaban J connectivity index is 1.84. The van der Waals surface area contributed by atoms with E-state index in [2.05, 4.69) is 29.0 Å². The largest absolute Gasteiger partial charge is 0.334 e. The van der Waals surface area contributed by atoms with E-state index in [1.807, 2.05) is 29.2 Å². The summed E-state index contributed by atoms with van der Waals surface area (Å²) in [6, 6.07) is 7.93. The molecule has 126 valence electrons. The summed E-state index contributed by atoms with van der Waals surface area (Å²) < 4.78 is 0. The van der Waals surface area contributed by atoms with Gasteiger partial charge < -0.3 is 9.80 Å². The maximum absolute atomic E-state index is 13.0. The Morgan fingerprint density at radius 2 is 2.17 bits per heavy atom. The first-order valence-electron chi connectivity index (χ1n) is 8.47. The molecule has 5 nitrogen and oxygen atoms in total. The Kier molecular flexibility index (Phi) is 5.20. The van der Waals surface area contributed by atoms with Gasteiger partial charge in [-0.1, -0.05) is 6.07 Å². The molecule has 1 saturated heterocycles. The zero-order valence-electron chi connectivity index (χ0n) is 14.4. The summed E-state index contributed by atoms with van der Waals surface area (Å²) in [5.74, 6) is 0.0758. The minimum absolute atomic E-state index is 0.0758. The lowest BCUT2D eigenvalue weighted by molar-refractivity contribution is 0.0574. The normalized spacial score (nSPS) is 18.0. The zero-order chi connectivity index (χ0) is 16.9. The number of carbonyl (C=O) groups is 1. The molecule has 5 heteroatoms. The van der Waals surface area contributed by atoms with E-state index in [4.69, 9.17) is 0 Å². The second kappa shape index (κ2) is 7.53. The van der Waals surface area contributed by atoms with Crippen LogP contribution in [0.1, 0.15) is 29.6 Å². The van der Waals surface area contributed by atoms with Crippen LogP contribution in [0.3, 0.4) is 0 Å². The van der Waals surface area contributed by atoms with Gasteiger partial charge >= 0.3 is 0 Å². The number of carbonyl (C=O) groups excluding carboxylic acids is 1. The third-order valence-corrected chi connectivity index (χ3v) is 4.41. The van der Waals surface area contributed by atoms with Crippen LogP contribution in [0.25, 0.3) is 11.3 Å². The van der Waals surface area contributed by atoms with Crippen molar-refractivity contribution in [2.75, 3.05) is 27.2 Å². The number of pyridine rings is 2. The molecule has 0 radical (unpaired) electrons. The number of likely N-dealkylation sites (tertiary alicyclic amines) is 1. The highest BCUT2D eigenvalue weighted by atomic mass is 16.2. The molecule has 0 spiro atoms. The van der Waals surface area contributed by atoms with Crippen molar-refractivity contribution in [3.8, 4) is 11.3 Å². The van der Waals surface area contributed by atoms with Gasteiger partial charge in [0.15, 0.2) is 0 Å². The summed E-state index contributed by atoms with van der Waals surface area (Å²) in [6.07, 6.45) is 8.50. The van der Waals surface area contributed by atoms with E-state index in [0.29, 0.717) is 5.56 Å². The van der Waals surface area contributed by atoms with Gasteiger partial charge in [0, 0.05) is 43.3 Å². The molecule has 1 aliphatic rings. The minimum atomic E-state index is 0.0758. The predicted octanol–water partition coefficient (Wildman–Crippen LogP) is 2.70. The van der Waals surface area contributed by atoms with Crippen LogP contribution in [-0.2, 0) is 0 Å². The molecule has 0 saturated carbocycles. The fraction of sp³-hybridized carbons (Fsp3) is 0.421. The van der Waals surface area contributed by atoms with Gasteiger partial charge in [0.2, 0.25) is 0 Å². The predicted molar refractivity (Wildman–Crippen MR) is 94.7 cm³/mol. The second-order valence-corrected chi connectivity index (χ2v) is 6.59. The Bertz CT molecular complexity index is 687. The maximum atomic E-state index is 13.0. The molecule has 0 N–H and O–H groups in total. The topological polar surface area (TPSA) is 49.3 Å². The molecular formula is C19H24N4O. The minimum Gasteiger partial charge on any atom is -0.334 e. The van der Waals surface area contributed by atoms with Crippen LogP contribution in [0.2, 0.25) is 0 Å². The molecule has 1 aliphatic heterocycles. The number of hydrogen-bond acceptors (Lipinski definition) is 4. The molecule has 1 fully saturated rings. The maximum Gasteiger partial charge on any atom is 0.255 e. The number of amides is 1. The third-order valence-electron chi connectivity index (χ3n) is 4.41. The van der Waals surface area contributed by atoms with Crippen molar-refractivity contribution in [1.29, 1.82) is 0 Å². The lowest BCUT2D eigenvalue weighted by Gasteiger charge is -2.37. The number of nitrogens with zero attached hydrogens (tertiary/aromatic N) is 4. The SMILES string of the molecule is CN(C)CC1CCCCN1C(=O)c1cncc(-c2ccccn2)c1.